The van der Waals surface area contributed by atoms with Crippen LogP contribution in [0.3, 0.4) is 0 Å². The molecule has 0 unspecified atom stereocenters. The third-order valence-corrected chi connectivity index (χ3v) is 4.51. The van der Waals surface area contributed by atoms with Gasteiger partial charge in [0.1, 0.15) is 0 Å². The summed E-state index contributed by atoms with van der Waals surface area (Å²) in [5.41, 5.74) is 4.65. The number of carbonyl (C=O) groups is 1. The molecule has 3 rings (SSSR count). The number of hydrogen-bond acceptors (Lipinski definition) is 2. The lowest BCUT2D eigenvalue weighted by atomic mass is 9.94. The van der Waals surface area contributed by atoms with Crippen molar-refractivity contribution >= 4 is 11.5 Å². The summed E-state index contributed by atoms with van der Waals surface area (Å²) in [5.74, 6) is 0.0607. The summed E-state index contributed by atoms with van der Waals surface area (Å²) in [5, 5.41) is 0. The SMILES string of the molecule is CCN(CC)c1ccc(C(=O)c2ccccc2-c2ccccc2)cc1. The highest BCUT2D eigenvalue weighted by molar-refractivity contribution is 6.12. The Labute approximate surface area is 149 Å². The van der Waals surface area contributed by atoms with Crippen LogP contribution < -0.4 is 4.90 Å². The van der Waals surface area contributed by atoms with Crippen molar-refractivity contribution in [2.45, 2.75) is 13.8 Å². The number of ketones is 1. The molecule has 0 N–H and O–H groups in total. The molecule has 0 aromatic heterocycles. The zero-order chi connectivity index (χ0) is 17.6. The Morgan fingerprint density at radius 2 is 1.36 bits per heavy atom. The van der Waals surface area contributed by atoms with Gasteiger partial charge >= 0.3 is 0 Å². The van der Waals surface area contributed by atoms with Crippen molar-refractivity contribution in [1.82, 2.24) is 0 Å². The highest BCUT2D eigenvalue weighted by atomic mass is 16.1. The van der Waals surface area contributed by atoms with Crippen LogP contribution >= 0.6 is 0 Å². The Balaban J connectivity index is 1.94. The Bertz CT molecular complexity index is 833. The van der Waals surface area contributed by atoms with E-state index >= 15 is 0 Å². The van der Waals surface area contributed by atoms with Gasteiger partial charge in [0.25, 0.3) is 0 Å². The fraction of sp³-hybridized carbons (Fsp3) is 0.174. The first-order valence-electron chi connectivity index (χ1n) is 8.78. The van der Waals surface area contributed by atoms with E-state index in [-0.39, 0.29) is 5.78 Å². The van der Waals surface area contributed by atoms with Gasteiger partial charge in [-0.3, -0.25) is 4.79 Å². The van der Waals surface area contributed by atoms with Crippen LogP contribution in [0, 0.1) is 0 Å². The predicted molar refractivity (Wildman–Crippen MR) is 105 cm³/mol. The van der Waals surface area contributed by atoms with E-state index in [2.05, 4.69) is 18.7 Å². The van der Waals surface area contributed by atoms with Crippen LogP contribution in [0.4, 0.5) is 5.69 Å². The fourth-order valence-corrected chi connectivity index (χ4v) is 3.12. The number of carbonyl (C=O) groups excluding carboxylic acids is 1. The molecule has 0 spiro atoms. The molecule has 0 atom stereocenters. The molecule has 3 aromatic rings. The topological polar surface area (TPSA) is 20.3 Å². The molecule has 0 bridgehead atoms. The van der Waals surface area contributed by atoms with Crippen molar-refractivity contribution in [3.05, 3.63) is 90.0 Å². The second-order valence-corrected chi connectivity index (χ2v) is 5.96. The molecule has 0 saturated heterocycles. The zero-order valence-electron chi connectivity index (χ0n) is 14.8. The van der Waals surface area contributed by atoms with E-state index in [1.165, 1.54) is 0 Å². The van der Waals surface area contributed by atoms with Crippen molar-refractivity contribution in [2.24, 2.45) is 0 Å². The summed E-state index contributed by atoms with van der Waals surface area (Å²) in [6.45, 7) is 6.19. The second-order valence-electron chi connectivity index (χ2n) is 5.96. The van der Waals surface area contributed by atoms with Crippen LogP contribution in [0.5, 0.6) is 0 Å². The molecule has 0 aliphatic heterocycles. The van der Waals surface area contributed by atoms with Gasteiger partial charge in [0, 0.05) is 29.9 Å². The van der Waals surface area contributed by atoms with Crippen LogP contribution in [0.1, 0.15) is 29.8 Å². The van der Waals surface area contributed by atoms with Crippen LogP contribution in [0.15, 0.2) is 78.9 Å². The van der Waals surface area contributed by atoms with Gasteiger partial charge in [0.2, 0.25) is 0 Å². The summed E-state index contributed by atoms with van der Waals surface area (Å²) < 4.78 is 0. The third-order valence-electron chi connectivity index (χ3n) is 4.51. The molecule has 2 nitrogen and oxygen atoms in total. The van der Waals surface area contributed by atoms with Crippen LogP contribution in [-0.4, -0.2) is 18.9 Å². The molecular weight excluding hydrogens is 306 g/mol. The minimum Gasteiger partial charge on any atom is -0.372 e. The standard InChI is InChI=1S/C23H23NO/c1-3-24(4-2)20-16-14-19(15-17-20)23(25)22-13-9-8-12-21(22)18-10-6-5-7-11-18/h5-17H,3-4H2,1-2H3. The highest BCUT2D eigenvalue weighted by Crippen LogP contribution is 2.26. The maximum atomic E-state index is 13.0. The van der Waals surface area contributed by atoms with E-state index in [0.29, 0.717) is 0 Å². The van der Waals surface area contributed by atoms with Gasteiger partial charge in [-0.15, -0.1) is 0 Å². The van der Waals surface area contributed by atoms with Gasteiger partial charge in [-0.2, -0.15) is 0 Å². The number of nitrogens with zero attached hydrogens (tertiary/aromatic N) is 1. The summed E-state index contributed by atoms with van der Waals surface area (Å²) >= 11 is 0. The number of anilines is 1. The first kappa shape index (κ1) is 17.0. The molecule has 0 amide bonds. The Morgan fingerprint density at radius 3 is 2.00 bits per heavy atom. The van der Waals surface area contributed by atoms with Crippen LogP contribution in [0.25, 0.3) is 11.1 Å². The van der Waals surface area contributed by atoms with Crippen molar-refractivity contribution in [1.29, 1.82) is 0 Å². The number of rotatable bonds is 6. The van der Waals surface area contributed by atoms with Crippen molar-refractivity contribution in [2.75, 3.05) is 18.0 Å². The molecular formula is C23H23NO. The largest absolute Gasteiger partial charge is 0.372 e. The molecule has 0 fully saturated rings. The summed E-state index contributed by atoms with van der Waals surface area (Å²) in [7, 11) is 0. The molecule has 0 radical (unpaired) electrons. The fourth-order valence-electron chi connectivity index (χ4n) is 3.12. The zero-order valence-corrected chi connectivity index (χ0v) is 14.8. The van der Waals surface area contributed by atoms with Gasteiger partial charge in [-0.25, -0.2) is 0 Å². The van der Waals surface area contributed by atoms with Gasteiger partial charge < -0.3 is 4.90 Å². The number of hydrogen-bond donors (Lipinski definition) is 0. The van der Waals surface area contributed by atoms with Crippen molar-refractivity contribution in [3.8, 4) is 11.1 Å². The van der Waals surface area contributed by atoms with Crippen LogP contribution in [0.2, 0.25) is 0 Å². The monoisotopic (exact) mass is 329 g/mol. The maximum absolute atomic E-state index is 13.0. The average molecular weight is 329 g/mol. The number of benzene rings is 3. The van der Waals surface area contributed by atoms with E-state index in [1.807, 2.05) is 78.9 Å². The molecule has 126 valence electrons. The smallest absolute Gasteiger partial charge is 0.193 e. The Hall–Kier alpha value is -2.87. The van der Waals surface area contributed by atoms with E-state index in [0.717, 1.165) is 41.0 Å². The Kier molecular flexibility index (Phi) is 5.30. The third kappa shape index (κ3) is 3.63. The maximum Gasteiger partial charge on any atom is 0.193 e. The van der Waals surface area contributed by atoms with Gasteiger partial charge in [-0.1, -0.05) is 54.6 Å². The predicted octanol–water partition coefficient (Wildman–Crippen LogP) is 5.43. The Morgan fingerprint density at radius 1 is 0.760 bits per heavy atom. The summed E-state index contributed by atoms with van der Waals surface area (Å²) in [6, 6.07) is 25.8. The van der Waals surface area contributed by atoms with E-state index in [4.69, 9.17) is 0 Å². The quantitative estimate of drug-likeness (QED) is 0.562. The minimum atomic E-state index is 0.0607. The molecule has 3 aromatic carbocycles. The average Bonchev–Trinajstić information content (AvgIpc) is 2.69. The lowest BCUT2D eigenvalue weighted by Crippen LogP contribution is -2.21. The molecule has 2 heteroatoms. The molecule has 0 aliphatic carbocycles. The summed E-state index contributed by atoms with van der Waals surface area (Å²) in [4.78, 5) is 15.3. The van der Waals surface area contributed by atoms with Crippen molar-refractivity contribution in [3.63, 3.8) is 0 Å². The summed E-state index contributed by atoms with van der Waals surface area (Å²) in [6.07, 6.45) is 0. The van der Waals surface area contributed by atoms with E-state index < -0.39 is 0 Å². The minimum absolute atomic E-state index is 0.0607. The normalized spacial score (nSPS) is 10.5. The highest BCUT2D eigenvalue weighted by Gasteiger charge is 2.14. The van der Waals surface area contributed by atoms with Gasteiger partial charge in [0.05, 0.1) is 0 Å². The first-order chi connectivity index (χ1) is 12.2. The van der Waals surface area contributed by atoms with Gasteiger partial charge in [-0.05, 0) is 49.2 Å². The molecule has 25 heavy (non-hydrogen) atoms. The molecule has 0 heterocycles. The van der Waals surface area contributed by atoms with E-state index in [1.54, 1.807) is 0 Å². The first-order valence-corrected chi connectivity index (χ1v) is 8.78. The second kappa shape index (κ2) is 7.80. The lowest BCUT2D eigenvalue weighted by molar-refractivity contribution is 0.103. The lowest BCUT2D eigenvalue weighted by Gasteiger charge is -2.21. The molecule has 0 saturated carbocycles. The van der Waals surface area contributed by atoms with Gasteiger partial charge in [0.15, 0.2) is 5.78 Å². The van der Waals surface area contributed by atoms with Crippen LogP contribution in [-0.2, 0) is 0 Å². The van der Waals surface area contributed by atoms with E-state index in [9.17, 15) is 4.79 Å². The van der Waals surface area contributed by atoms with Crippen molar-refractivity contribution < 1.29 is 4.79 Å². The molecule has 0 aliphatic rings.